The van der Waals surface area contributed by atoms with E-state index in [0.29, 0.717) is 31.8 Å². The summed E-state index contributed by atoms with van der Waals surface area (Å²) in [5.41, 5.74) is 1.00. The highest BCUT2D eigenvalue weighted by molar-refractivity contribution is 5.27. The van der Waals surface area contributed by atoms with Crippen molar-refractivity contribution in [2.75, 3.05) is 19.8 Å². The first kappa shape index (κ1) is 39.9. The Morgan fingerprint density at radius 3 is 2.17 bits per heavy atom. The summed E-state index contributed by atoms with van der Waals surface area (Å²) in [6.07, 6.45) is -9.32. The SMILES string of the molecule is C[C@H]1CO[C@@]2(OC3[C@H]([C@@H]2C)[C@@]2(C)CC[C@H]4[C@@H](CC=C5C[C@@H](O[C@@H]6O[C@H](CO)[C@H](O[C@@H]7O[C@H](CO)[C@@H](O)[C@H](O)[C@H]7O)[C@H](O)[C@H]6O)CC[C@@]54C)[C@@H]2[C@H]3O)[C@@H](O)C1. The fourth-order valence-electron chi connectivity index (χ4n) is 12.8. The Morgan fingerprint density at radius 1 is 0.778 bits per heavy atom. The van der Waals surface area contributed by atoms with Gasteiger partial charge in [-0.1, -0.05) is 39.3 Å². The van der Waals surface area contributed by atoms with Gasteiger partial charge in [0.25, 0.3) is 0 Å². The molecule has 4 saturated heterocycles. The van der Waals surface area contributed by atoms with Gasteiger partial charge in [-0.25, -0.2) is 0 Å². The molecule has 0 aromatic rings. The van der Waals surface area contributed by atoms with Gasteiger partial charge in [-0.2, -0.15) is 0 Å². The van der Waals surface area contributed by atoms with Gasteiger partial charge in [0.15, 0.2) is 18.4 Å². The molecule has 0 radical (unpaired) electrons. The molecular weight excluding hydrogens is 708 g/mol. The lowest BCUT2D eigenvalue weighted by molar-refractivity contribution is -0.363. The van der Waals surface area contributed by atoms with Crippen LogP contribution in [0.15, 0.2) is 11.6 Å². The van der Waals surface area contributed by atoms with E-state index in [1.165, 1.54) is 5.57 Å². The van der Waals surface area contributed by atoms with Crippen LogP contribution in [0.3, 0.4) is 0 Å². The fraction of sp³-hybridized carbons (Fsp3) is 0.949. The molecule has 54 heavy (non-hydrogen) atoms. The lowest BCUT2D eigenvalue weighted by Crippen LogP contribution is -2.65. The minimum atomic E-state index is -1.74. The molecule has 8 rings (SSSR count). The molecule has 0 aromatic carbocycles. The van der Waals surface area contributed by atoms with E-state index in [4.69, 9.17) is 28.4 Å². The van der Waals surface area contributed by atoms with Crippen molar-refractivity contribution in [2.24, 2.45) is 46.3 Å². The molecular formula is C39H62O15. The van der Waals surface area contributed by atoms with Crippen LogP contribution in [0, 0.1) is 46.3 Å². The summed E-state index contributed by atoms with van der Waals surface area (Å²) < 4.78 is 36.4. The molecule has 23 atom stereocenters. The van der Waals surface area contributed by atoms with Gasteiger partial charge in [0.2, 0.25) is 0 Å². The van der Waals surface area contributed by atoms with Crippen LogP contribution in [0.1, 0.15) is 72.6 Å². The van der Waals surface area contributed by atoms with Gasteiger partial charge in [-0.05, 0) is 79.4 Å². The van der Waals surface area contributed by atoms with Gasteiger partial charge in [-0.15, -0.1) is 0 Å². The van der Waals surface area contributed by atoms with Crippen molar-refractivity contribution in [2.45, 2.75) is 164 Å². The van der Waals surface area contributed by atoms with Crippen molar-refractivity contribution >= 4 is 0 Å². The van der Waals surface area contributed by atoms with Crippen LogP contribution in [0.2, 0.25) is 0 Å². The molecule has 4 aliphatic heterocycles. The maximum atomic E-state index is 12.1. The van der Waals surface area contributed by atoms with Crippen molar-refractivity contribution < 1.29 is 74.4 Å². The number of aliphatic hydroxyl groups is 9. The van der Waals surface area contributed by atoms with Gasteiger partial charge in [0, 0.05) is 11.8 Å². The summed E-state index contributed by atoms with van der Waals surface area (Å²) in [5, 5.41) is 96.1. The molecule has 0 amide bonds. The van der Waals surface area contributed by atoms with Crippen LogP contribution < -0.4 is 0 Å². The first-order valence-corrected chi connectivity index (χ1v) is 20.2. The van der Waals surface area contributed by atoms with E-state index in [2.05, 4.69) is 33.8 Å². The number of rotatable bonds is 6. The number of allylic oxidation sites excluding steroid dienone is 1. The molecule has 4 aliphatic carbocycles. The van der Waals surface area contributed by atoms with Crippen LogP contribution in [-0.2, 0) is 28.4 Å². The van der Waals surface area contributed by atoms with E-state index < -0.39 is 92.6 Å². The molecule has 15 nitrogen and oxygen atoms in total. The zero-order valence-electron chi connectivity index (χ0n) is 31.7. The number of hydrogen-bond donors (Lipinski definition) is 9. The molecule has 4 heterocycles. The summed E-state index contributed by atoms with van der Waals surface area (Å²) in [4.78, 5) is 0. The minimum Gasteiger partial charge on any atom is -0.394 e. The van der Waals surface area contributed by atoms with Crippen molar-refractivity contribution in [1.82, 2.24) is 0 Å². The first-order chi connectivity index (χ1) is 25.6. The largest absolute Gasteiger partial charge is 0.394 e. The topological polar surface area (TPSA) is 237 Å². The molecule has 1 spiro atoms. The van der Waals surface area contributed by atoms with E-state index in [0.717, 1.165) is 25.7 Å². The van der Waals surface area contributed by atoms with Gasteiger partial charge < -0.3 is 74.4 Å². The summed E-state index contributed by atoms with van der Waals surface area (Å²) in [5.74, 6) is -0.132. The third-order valence-electron chi connectivity index (χ3n) is 15.6. The molecule has 3 saturated carbocycles. The predicted octanol–water partition coefficient (Wildman–Crippen LogP) is -0.696. The van der Waals surface area contributed by atoms with E-state index in [9.17, 15) is 46.0 Å². The zero-order chi connectivity index (χ0) is 38.6. The quantitative estimate of drug-likeness (QED) is 0.152. The Hall–Kier alpha value is -0.860. The molecule has 7 fully saturated rings. The maximum Gasteiger partial charge on any atom is 0.197 e. The highest BCUT2D eigenvalue weighted by Gasteiger charge is 2.73. The lowest BCUT2D eigenvalue weighted by Gasteiger charge is -2.59. The van der Waals surface area contributed by atoms with Gasteiger partial charge in [0.1, 0.15) is 54.9 Å². The summed E-state index contributed by atoms with van der Waals surface area (Å²) in [7, 11) is 0. The highest BCUT2D eigenvalue weighted by atomic mass is 16.7. The molecule has 15 heteroatoms. The maximum absolute atomic E-state index is 12.1. The highest BCUT2D eigenvalue weighted by Crippen LogP contribution is 2.70. The van der Waals surface area contributed by atoms with Gasteiger partial charge in [0.05, 0.1) is 38.1 Å². The van der Waals surface area contributed by atoms with Crippen molar-refractivity contribution in [3.8, 4) is 0 Å². The Kier molecular flexibility index (Phi) is 10.7. The van der Waals surface area contributed by atoms with Crippen LogP contribution in [0.4, 0.5) is 0 Å². The molecule has 8 aliphatic rings. The van der Waals surface area contributed by atoms with Crippen LogP contribution in [0.5, 0.6) is 0 Å². The van der Waals surface area contributed by atoms with Gasteiger partial charge >= 0.3 is 0 Å². The monoisotopic (exact) mass is 770 g/mol. The number of hydrogen-bond acceptors (Lipinski definition) is 15. The Bertz CT molecular complexity index is 1400. The van der Waals surface area contributed by atoms with Crippen LogP contribution >= 0.6 is 0 Å². The third kappa shape index (κ3) is 5.94. The molecule has 308 valence electrons. The summed E-state index contributed by atoms with van der Waals surface area (Å²) in [6.45, 7) is 8.10. The average molecular weight is 771 g/mol. The lowest BCUT2D eigenvalue weighted by atomic mass is 9.46. The number of ether oxygens (including phenoxy) is 6. The summed E-state index contributed by atoms with van der Waals surface area (Å²) >= 11 is 0. The van der Waals surface area contributed by atoms with E-state index in [1.54, 1.807) is 0 Å². The van der Waals surface area contributed by atoms with Gasteiger partial charge in [-0.3, -0.25) is 0 Å². The normalized spacial score (nSPS) is 58.6. The zero-order valence-corrected chi connectivity index (χ0v) is 31.7. The second-order valence-corrected chi connectivity index (χ2v) is 18.5. The number of fused-ring (bicyclic) bond motifs is 7. The van der Waals surface area contributed by atoms with Crippen LogP contribution in [0.25, 0.3) is 0 Å². The molecule has 0 aromatic heterocycles. The minimum absolute atomic E-state index is 0.0511. The Balaban J connectivity index is 0.931. The molecule has 0 bridgehead atoms. The Labute approximate surface area is 316 Å². The molecule has 9 N–H and O–H groups in total. The van der Waals surface area contributed by atoms with Crippen molar-refractivity contribution in [1.29, 1.82) is 0 Å². The second-order valence-electron chi connectivity index (χ2n) is 18.5. The van der Waals surface area contributed by atoms with E-state index in [-0.39, 0.29) is 52.6 Å². The fourth-order valence-corrected chi connectivity index (χ4v) is 12.8. The van der Waals surface area contributed by atoms with E-state index >= 15 is 0 Å². The second kappa shape index (κ2) is 14.5. The smallest absolute Gasteiger partial charge is 0.197 e. The standard InChI is InChI=1S/C39H62O15/c1-16-11-24(42)39(49-15-16)17(2)25-34(54-39)28(44)26-20-6-5-18-12-19(7-9-37(18,3)21(20)8-10-38(25,26)4)50-35-32(48)30(46)33(23(14-41)52-35)53-36-31(47)29(45)27(43)22(13-40)51-36/h5,16-17,19-36,40-48H,6-15H2,1-4H3/t16-,17+,19+,20-,21+,22-,23-,24+,25+,26-,27-,28-,29+,30-,31-,32-,33+,34?,35-,36+,37+,38-,39+/m1/s1. The third-order valence-corrected chi connectivity index (χ3v) is 15.6. The predicted molar refractivity (Wildman–Crippen MR) is 186 cm³/mol. The number of aliphatic hydroxyl groups excluding tert-OH is 9. The first-order valence-electron chi connectivity index (χ1n) is 20.2. The molecule has 1 unspecified atom stereocenters. The average Bonchev–Trinajstić information content (AvgIpc) is 3.57. The van der Waals surface area contributed by atoms with E-state index in [1.807, 2.05) is 0 Å². The Morgan fingerprint density at radius 2 is 1.46 bits per heavy atom. The van der Waals surface area contributed by atoms with Crippen molar-refractivity contribution in [3.63, 3.8) is 0 Å². The summed E-state index contributed by atoms with van der Waals surface area (Å²) in [6, 6.07) is 0. The van der Waals surface area contributed by atoms with Crippen molar-refractivity contribution in [3.05, 3.63) is 11.6 Å². The van der Waals surface area contributed by atoms with Crippen LogP contribution in [-0.4, -0.2) is 157 Å².